The van der Waals surface area contributed by atoms with E-state index in [1.165, 1.54) is 5.57 Å². The number of epoxide rings is 1. The fourth-order valence-electron chi connectivity index (χ4n) is 5.35. The van der Waals surface area contributed by atoms with Crippen molar-refractivity contribution in [1.29, 1.82) is 0 Å². The summed E-state index contributed by atoms with van der Waals surface area (Å²) >= 11 is 0. The lowest BCUT2D eigenvalue weighted by molar-refractivity contribution is -0.172. The fraction of sp³-hybridized carbons (Fsp3) is 0.862. The van der Waals surface area contributed by atoms with Gasteiger partial charge in [-0.05, 0) is 65.8 Å². The third kappa shape index (κ3) is 10.6. The summed E-state index contributed by atoms with van der Waals surface area (Å²) in [5.74, 6) is -0.0835. The van der Waals surface area contributed by atoms with Gasteiger partial charge < -0.3 is 40.1 Å². The van der Waals surface area contributed by atoms with Crippen LogP contribution in [0.2, 0.25) is 0 Å². The van der Waals surface area contributed by atoms with Gasteiger partial charge in [0.05, 0.1) is 30.5 Å². The third-order valence-electron chi connectivity index (χ3n) is 7.76. The molecule has 1 spiro atoms. The van der Waals surface area contributed by atoms with Crippen molar-refractivity contribution in [2.75, 3.05) is 40.0 Å². The van der Waals surface area contributed by atoms with Gasteiger partial charge in [-0.1, -0.05) is 38.3 Å². The second kappa shape index (κ2) is 15.8. The van der Waals surface area contributed by atoms with E-state index < -0.39 is 36.0 Å². The molecule has 5 atom stereocenters. The number of carbonyl (C=O) groups excluding carboxylic acids is 2. The number of nitrogens with one attached hydrogen (secondary N) is 2. The summed E-state index contributed by atoms with van der Waals surface area (Å²) in [5, 5.41) is 5.65. The molecule has 1 saturated heterocycles. The minimum absolute atomic E-state index is 0.0319. The summed E-state index contributed by atoms with van der Waals surface area (Å²) in [6.45, 7) is 14.5. The summed E-state index contributed by atoms with van der Waals surface area (Å²) in [7, 11) is 1.64. The molecule has 1 saturated carbocycles. The van der Waals surface area contributed by atoms with Crippen LogP contribution >= 0.6 is 0 Å². The number of nitrogens with two attached hydrogens (primary N) is 1. The number of ether oxygens (including phenoxy) is 5. The SMILES string of the molecule is COC1C(OC(=O)N[C@@H](COC(=O)NCCCCCCN)C(C)C)CCC2(CO2)C1C(C)(C)OCC=C(C)C. The van der Waals surface area contributed by atoms with Crippen molar-refractivity contribution in [2.24, 2.45) is 17.6 Å². The van der Waals surface area contributed by atoms with Gasteiger partial charge in [0.25, 0.3) is 0 Å². The molecule has 2 amide bonds. The summed E-state index contributed by atoms with van der Waals surface area (Å²) < 4.78 is 29.5. The molecule has 39 heavy (non-hydrogen) atoms. The van der Waals surface area contributed by atoms with Crippen molar-refractivity contribution >= 4 is 12.2 Å². The molecule has 0 radical (unpaired) electrons. The summed E-state index contributed by atoms with van der Waals surface area (Å²) in [5.41, 5.74) is 5.80. The van der Waals surface area contributed by atoms with E-state index in [4.69, 9.17) is 29.4 Å². The lowest BCUT2D eigenvalue weighted by Gasteiger charge is -2.47. The number of rotatable bonds is 16. The molecule has 2 aliphatic rings. The average molecular weight is 556 g/mol. The average Bonchev–Trinajstić information content (AvgIpc) is 3.63. The maximum Gasteiger partial charge on any atom is 0.407 e. The number of allylic oxidation sites excluding steroid dienone is 1. The fourth-order valence-corrected chi connectivity index (χ4v) is 5.35. The van der Waals surface area contributed by atoms with E-state index in [1.807, 2.05) is 47.6 Å². The van der Waals surface area contributed by atoms with Crippen LogP contribution in [0.3, 0.4) is 0 Å². The third-order valence-corrected chi connectivity index (χ3v) is 7.76. The molecular weight excluding hydrogens is 502 g/mol. The van der Waals surface area contributed by atoms with Crippen molar-refractivity contribution in [3.63, 3.8) is 0 Å². The number of methoxy groups -OCH3 is 1. The Bertz CT molecular complexity index is 794. The van der Waals surface area contributed by atoms with Gasteiger partial charge in [-0.2, -0.15) is 0 Å². The Morgan fingerprint density at radius 3 is 2.44 bits per heavy atom. The highest BCUT2D eigenvalue weighted by molar-refractivity contribution is 5.69. The first-order valence-electron chi connectivity index (χ1n) is 14.5. The molecule has 0 aromatic carbocycles. The highest BCUT2D eigenvalue weighted by Crippen LogP contribution is 2.52. The zero-order chi connectivity index (χ0) is 29.1. The van der Waals surface area contributed by atoms with Gasteiger partial charge in [0.1, 0.15) is 18.8 Å². The Morgan fingerprint density at radius 1 is 1.15 bits per heavy atom. The topological polar surface area (TPSA) is 134 Å². The van der Waals surface area contributed by atoms with Gasteiger partial charge in [-0.3, -0.25) is 0 Å². The Labute approximate surface area is 235 Å². The van der Waals surface area contributed by atoms with Gasteiger partial charge in [0, 0.05) is 19.6 Å². The molecule has 10 nitrogen and oxygen atoms in total. The van der Waals surface area contributed by atoms with E-state index in [2.05, 4.69) is 10.6 Å². The number of hydrogen-bond acceptors (Lipinski definition) is 8. The molecule has 0 aromatic rings. The van der Waals surface area contributed by atoms with E-state index in [0.717, 1.165) is 32.1 Å². The summed E-state index contributed by atoms with van der Waals surface area (Å²) in [6.07, 6.45) is 5.46. The van der Waals surface area contributed by atoms with E-state index in [9.17, 15) is 9.59 Å². The lowest BCUT2D eigenvalue weighted by Crippen LogP contribution is -2.59. The molecule has 226 valence electrons. The standard InChI is InChI=1S/C29H53N3O7/c1-20(2)13-17-37-28(5,6)25-24(35-7)23(12-14-29(25)19-38-29)39-27(34)32-22(21(3)4)18-36-26(33)31-16-11-9-8-10-15-30/h13,21-25H,8-12,14-19,30H2,1-7H3,(H,31,33)(H,32,34)/t22-,23?,24?,25?,29?/m0/s1. The molecule has 0 aromatic heterocycles. The van der Waals surface area contributed by atoms with Crippen LogP contribution < -0.4 is 16.4 Å². The number of carbonyl (C=O) groups is 2. The van der Waals surface area contributed by atoms with Crippen molar-refractivity contribution < 1.29 is 33.3 Å². The molecule has 1 heterocycles. The molecule has 1 aliphatic carbocycles. The Morgan fingerprint density at radius 2 is 1.85 bits per heavy atom. The van der Waals surface area contributed by atoms with Crippen molar-refractivity contribution in [1.82, 2.24) is 10.6 Å². The normalized spacial score (nSPS) is 25.2. The van der Waals surface area contributed by atoms with Gasteiger partial charge in [-0.25, -0.2) is 9.59 Å². The van der Waals surface area contributed by atoms with Crippen molar-refractivity contribution in [3.8, 4) is 0 Å². The molecule has 4 unspecified atom stereocenters. The van der Waals surface area contributed by atoms with Crippen LogP contribution in [0.15, 0.2) is 11.6 Å². The molecule has 0 bridgehead atoms. The van der Waals surface area contributed by atoms with Crippen LogP contribution in [-0.4, -0.2) is 81.7 Å². The first-order valence-corrected chi connectivity index (χ1v) is 14.5. The van der Waals surface area contributed by atoms with E-state index in [1.54, 1.807) is 7.11 Å². The van der Waals surface area contributed by atoms with Crippen LogP contribution in [0, 0.1) is 11.8 Å². The first kappa shape index (κ1) is 33.3. The molecule has 4 N–H and O–H groups in total. The van der Waals surface area contributed by atoms with Crippen LogP contribution in [0.25, 0.3) is 0 Å². The van der Waals surface area contributed by atoms with Gasteiger partial charge in [-0.15, -0.1) is 0 Å². The first-order chi connectivity index (χ1) is 18.5. The number of alkyl carbamates (subject to hydrolysis) is 2. The number of hydrogen-bond donors (Lipinski definition) is 3. The maximum absolute atomic E-state index is 13.0. The van der Waals surface area contributed by atoms with E-state index in [0.29, 0.717) is 32.7 Å². The predicted molar refractivity (Wildman–Crippen MR) is 151 cm³/mol. The highest BCUT2D eigenvalue weighted by atomic mass is 16.6. The summed E-state index contributed by atoms with van der Waals surface area (Å²) in [6, 6.07) is -0.393. The lowest BCUT2D eigenvalue weighted by atomic mass is 9.68. The van der Waals surface area contributed by atoms with Crippen molar-refractivity contribution in [2.45, 2.75) is 110 Å². The predicted octanol–water partition coefficient (Wildman–Crippen LogP) is 4.31. The smallest absolute Gasteiger partial charge is 0.407 e. The van der Waals surface area contributed by atoms with Crippen LogP contribution in [0.4, 0.5) is 9.59 Å². The Hall–Kier alpha value is -1.88. The second-order valence-corrected chi connectivity index (χ2v) is 11.9. The number of amides is 2. The number of unbranched alkanes of at least 4 members (excludes halogenated alkanes) is 3. The molecular formula is C29H53N3O7. The van der Waals surface area contributed by atoms with Crippen LogP contribution in [-0.2, 0) is 23.7 Å². The van der Waals surface area contributed by atoms with Crippen molar-refractivity contribution in [3.05, 3.63) is 11.6 Å². The zero-order valence-corrected chi connectivity index (χ0v) is 25.2. The Kier molecular flexibility index (Phi) is 13.5. The highest BCUT2D eigenvalue weighted by Gasteiger charge is 2.64. The zero-order valence-electron chi connectivity index (χ0n) is 25.2. The second-order valence-electron chi connectivity index (χ2n) is 11.9. The Balaban J connectivity index is 1.92. The molecule has 10 heteroatoms. The minimum Gasteiger partial charge on any atom is -0.447 e. The van der Waals surface area contributed by atoms with Gasteiger partial charge in [0.15, 0.2) is 0 Å². The van der Waals surface area contributed by atoms with Gasteiger partial charge >= 0.3 is 12.2 Å². The summed E-state index contributed by atoms with van der Waals surface area (Å²) in [4.78, 5) is 25.1. The largest absolute Gasteiger partial charge is 0.447 e. The monoisotopic (exact) mass is 555 g/mol. The molecule has 1 aliphatic heterocycles. The minimum atomic E-state index is -0.562. The quantitative estimate of drug-likeness (QED) is 0.146. The molecule has 2 rings (SSSR count). The van der Waals surface area contributed by atoms with Crippen LogP contribution in [0.1, 0.15) is 80.1 Å². The van der Waals surface area contributed by atoms with Crippen LogP contribution in [0.5, 0.6) is 0 Å². The maximum atomic E-state index is 13.0. The van der Waals surface area contributed by atoms with E-state index >= 15 is 0 Å². The van der Waals surface area contributed by atoms with Gasteiger partial charge in [0.2, 0.25) is 0 Å². The van der Waals surface area contributed by atoms with E-state index in [-0.39, 0.29) is 24.0 Å². The molecule has 2 fully saturated rings.